The van der Waals surface area contributed by atoms with Gasteiger partial charge in [-0.05, 0) is 35.9 Å². The smallest absolute Gasteiger partial charge is 0.313 e. The maximum Gasteiger partial charge on any atom is 0.313 e. The summed E-state index contributed by atoms with van der Waals surface area (Å²) in [4.78, 5) is 23.5. The number of rotatable bonds is 4. The van der Waals surface area contributed by atoms with E-state index < -0.39 is 17.6 Å². The van der Waals surface area contributed by atoms with Crippen LogP contribution in [-0.2, 0) is 16.1 Å². The molecule has 0 aliphatic carbocycles. The number of halogens is 2. The molecule has 0 aromatic heterocycles. The van der Waals surface area contributed by atoms with Gasteiger partial charge in [-0.2, -0.15) is 0 Å². The first-order valence-electron chi connectivity index (χ1n) is 6.67. The Kier molecular flexibility index (Phi) is 5.54. The van der Waals surface area contributed by atoms with Gasteiger partial charge in [0.05, 0.1) is 12.8 Å². The Bertz CT molecular complexity index is 737. The first kappa shape index (κ1) is 16.8. The Labute approximate surface area is 137 Å². The molecule has 2 rings (SSSR count). The maximum absolute atomic E-state index is 13.6. The van der Waals surface area contributed by atoms with Crippen LogP contribution in [0.5, 0.6) is 5.75 Å². The van der Waals surface area contributed by atoms with Crippen molar-refractivity contribution >= 4 is 29.1 Å². The van der Waals surface area contributed by atoms with E-state index in [1.807, 2.05) is 0 Å². The number of methoxy groups -OCH3 is 1. The van der Waals surface area contributed by atoms with Crippen LogP contribution in [0.4, 0.5) is 10.1 Å². The van der Waals surface area contributed by atoms with Crippen molar-refractivity contribution < 1.29 is 18.7 Å². The summed E-state index contributed by atoms with van der Waals surface area (Å²) in [6, 6.07) is 10.8. The molecule has 2 amide bonds. The quantitative estimate of drug-likeness (QED) is 0.844. The summed E-state index contributed by atoms with van der Waals surface area (Å²) in [6.07, 6.45) is 0. The molecule has 0 unspecified atom stereocenters. The van der Waals surface area contributed by atoms with Crippen molar-refractivity contribution in [2.24, 2.45) is 0 Å². The van der Waals surface area contributed by atoms with Crippen LogP contribution in [0, 0.1) is 5.82 Å². The molecular formula is C16H14ClFN2O3. The van der Waals surface area contributed by atoms with E-state index in [-0.39, 0.29) is 17.3 Å². The van der Waals surface area contributed by atoms with Crippen molar-refractivity contribution in [3.63, 3.8) is 0 Å². The molecule has 2 aromatic carbocycles. The second kappa shape index (κ2) is 7.60. The lowest BCUT2D eigenvalue weighted by Gasteiger charge is -2.08. The molecule has 0 heterocycles. The molecular weight excluding hydrogens is 323 g/mol. The number of amides is 2. The van der Waals surface area contributed by atoms with Crippen LogP contribution in [0.25, 0.3) is 0 Å². The van der Waals surface area contributed by atoms with Gasteiger partial charge in [0.1, 0.15) is 11.6 Å². The molecule has 0 radical (unpaired) electrons. The maximum atomic E-state index is 13.6. The average molecular weight is 337 g/mol. The molecule has 0 atom stereocenters. The van der Waals surface area contributed by atoms with Crippen LogP contribution >= 0.6 is 11.6 Å². The zero-order valence-corrected chi connectivity index (χ0v) is 13.0. The fraction of sp³-hybridized carbons (Fsp3) is 0.125. The summed E-state index contributed by atoms with van der Waals surface area (Å²) in [5.74, 6) is -1.91. The second-order valence-corrected chi connectivity index (χ2v) is 5.05. The zero-order chi connectivity index (χ0) is 16.8. The van der Waals surface area contributed by atoms with E-state index in [2.05, 4.69) is 10.6 Å². The zero-order valence-electron chi connectivity index (χ0n) is 12.2. The summed E-state index contributed by atoms with van der Waals surface area (Å²) >= 11 is 5.62. The van der Waals surface area contributed by atoms with E-state index in [1.54, 1.807) is 24.3 Å². The van der Waals surface area contributed by atoms with Gasteiger partial charge in [-0.15, -0.1) is 0 Å². The van der Waals surface area contributed by atoms with Crippen LogP contribution in [0.1, 0.15) is 5.56 Å². The third kappa shape index (κ3) is 4.69. The molecule has 0 fully saturated rings. The van der Waals surface area contributed by atoms with Crippen molar-refractivity contribution in [3.8, 4) is 5.75 Å². The summed E-state index contributed by atoms with van der Waals surface area (Å²) < 4.78 is 18.6. The normalized spacial score (nSPS) is 10.0. The average Bonchev–Trinajstić information content (AvgIpc) is 2.55. The van der Waals surface area contributed by atoms with Crippen molar-refractivity contribution in [2.75, 3.05) is 12.4 Å². The van der Waals surface area contributed by atoms with Crippen LogP contribution in [0.15, 0.2) is 42.5 Å². The van der Waals surface area contributed by atoms with E-state index in [1.165, 1.54) is 19.2 Å². The minimum Gasteiger partial charge on any atom is -0.497 e. The summed E-state index contributed by atoms with van der Waals surface area (Å²) in [6.45, 7) is 0.145. The van der Waals surface area contributed by atoms with Gasteiger partial charge in [0.2, 0.25) is 0 Å². The molecule has 0 aliphatic rings. The van der Waals surface area contributed by atoms with E-state index >= 15 is 0 Å². The summed E-state index contributed by atoms with van der Waals surface area (Å²) in [5.41, 5.74) is 0.652. The fourth-order valence-electron chi connectivity index (χ4n) is 1.81. The number of nitrogens with one attached hydrogen (secondary N) is 2. The van der Waals surface area contributed by atoms with Gasteiger partial charge in [-0.1, -0.05) is 23.7 Å². The molecule has 5 nitrogen and oxygen atoms in total. The Morgan fingerprint density at radius 3 is 2.65 bits per heavy atom. The molecule has 0 aliphatic heterocycles. The van der Waals surface area contributed by atoms with Gasteiger partial charge in [0, 0.05) is 11.6 Å². The third-order valence-corrected chi connectivity index (χ3v) is 3.21. The van der Waals surface area contributed by atoms with E-state index in [4.69, 9.17) is 16.3 Å². The van der Waals surface area contributed by atoms with Crippen LogP contribution in [-0.4, -0.2) is 18.9 Å². The Balaban J connectivity index is 1.93. The second-order valence-electron chi connectivity index (χ2n) is 4.61. The molecule has 0 spiro atoms. The highest BCUT2D eigenvalue weighted by Gasteiger charge is 2.15. The number of anilines is 1. The topological polar surface area (TPSA) is 67.4 Å². The molecule has 120 valence electrons. The van der Waals surface area contributed by atoms with Gasteiger partial charge in [-0.3, -0.25) is 9.59 Å². The number of hydrogen-bond donors (Lipinski definition) is 2. The predicted octanol–water partition coefficient (Wildman–Crippen LogP) is 2.74. The molecule has 2 N–H and O–H groups in total. The van der Waals surface area contributed by atoms with Gasteiger partial charge in [0.15, 0.2) is 0 Å². The highest BCUT2D eigenvalue weighted by molar-refractivity contribution is 6.39. The molecule has 0 saturated heterocycles. The minimum atomic E-state index is -0.964. The van der Waals surface area contributed by atoms with Crippen LogP contribution in [0.3, 0.4) is 0 Å². The van der Waals surface area contributed by atoms with Gasteiger partial charge < -0.3 is 15.4 Å². The van der Waals surface area contributed by atoms with Gasteiger partial charge in [-0.25, -0.2) is 4.39 Å². The lowest BCUT2D eigenvalue weighted by molar-refractivity contribution is -0.136. The first-order chi connectivity index (χ1) is 11.0. The van der Waals surface area contributed by atoms with Crippen molar-refractivity contribution in [1.29, 1.82) is 0 Å². The third-order valence-electron chi connectivity index (χ3n) is 2.97. The van der Waals surface area contributed by atoms with E-state index in [0.29, 0.717) is 5.75 Å². The Morgan fingerprint density at radius 1 is 1.17 bits per heavy atom. The Hall–Kier alpha value is -2.60. The fourth-order valence-corrected chi connectivity index (χ4v) is 1.97. The molecule has 2 aromatic rings. The Morgan fingerprint density at radius 2 is 1.96 bits per heavy atom. The number of hydrogen-bond acceptors (Lipinski definition) is 3. The number of benzene rings is 2. The molecule has 7 heteroatoms. The predicted molar refractivity (Wildman–Crippen MR) is 84.9 cm³/mol. The SMILES string of the molecule is COc1cccc(CNC(=O)C(=O)Nc2ccc(Cl)cc2F)c1. The highest BCUT2D eigenvalue weighted by atomic mass is 35.5. The summed E-state index contributed by atoms with van der Waals surface area (Å²) in [5, 5.41) is 4.83. The number of carbonyl (C=O) groups is 2. The number of ether oxygens (including phenoxy) is 1. The number of carbonyl (C=O) groups excluding carboxylic acids is 2. The largest absolute Gasteiger partial charge is 0.497 e. The lowest BCUT2D eigenvalue weighted by atomic mass is 10.2. The van der Waals surface area contributed by atoms with Crippen molar-refractivity contribution in [3.05, 3.63) is 58.9 Å². The van der Waals surface area contributed by atoms with Gasteiger partial charge >= 0.3 is 11.8 Å². The van der Waals surface area contributed by atoms with Crippen LogP contribution < -0.4 is 15.4 Å². The highest BCUT2D eigenvalue weighted by Crippen LogP contribution is 2.18. The standard InChI is InChI=1S/C16H14ClFN2O3/c1-23-12-4-2-3-10(7-12)9-19-15(21)16(22)20-14-6-5-11(17)8-13(14)18/h2-8H,9H2,1H3,(H,19,21)(H,20,22). The van der Waals surface area contributed by atoms with Crippen molar-refractivity contribution in [1.82, 2.24) is 5.32 Å². The van der Waals surface area contributed by atoms with E-state index in [9.17, 15) is 14.0 Å². The lowest BCUT2D eigenvalue weighted by Crippen LogP contribution is -2.35. The minimum absolute atomic E-state index is 0.115. The molecule has 0 bridgehead atoms. The molecule has 0 saturated carbocycles. The molecule has 23 heavy (non-hydrogen) atoms. The van der Waals surface area contributed by atoms with Gasteiger partial charge in [0.25, 0.3) is 0 Å². The van der Waals surface area contributed by atoms with Crippen molar-refractivity contribution in [2.45, 2.75) is 6.54 Å². The first-order valence-corrected chi connectivity index (χ1v) is 7.04. The monoisotopic (exact) mass is 336 g/mol. The summed E-state index contributed by atoms with van der Waals surface area (Å²) in [7, 11) is 1.53. The van der Waals surface area contributed by atoms with E-state index in [0.717, 1.165) is 11.6 Å². The van der Waals surface area contributed by atoms with Crippen LogP contribution in [0.2, 0.25) is 5.02 Å².